The van der Waals surface area contributed by atoms with Crippen molar-refractivity contribution in [1.82, 2.24) is 19.6 Å². The largest absolute Gasteiger partial charge is 0.323 e. The SMILES string of the molecule is Cc1nn(-c2ccccc2)c(C)c1NC(=O)CCn1cc([N+](=O)[O-])cn1. The summed E-state index contributed by atoms with van der Waals surface area (Å²) < 4.78 is 3.16. The van der Waals surface area contributed by atoms with E-state index in [1.54, 1.807) is 4.68 Å². The number of aromatic nitrogens is 4. The van der Waals surface area contributed by atoms with Crippen molar-refractivity contribution in [3.05, 3.63) is 64.2 Å². The van der Waals surface area contributed by atoms with E-state index in [0.717, 1.165) is 23.3 Å². The van der Waals surface area contributed by atoms with Crippen LogP contribution in [0.3, 0.4) is 0 Å². The van der Waals surface area contributed by atoms with E-state index in [1.807, 2.05) is 44.2 Å². The fourth-order valence-electron chi connectivity index (χ4n) is 2.63. The Morgan fingerprint density at radius 2 is 2.00 bits per heavy atom. The molecule has 0 spiro atoms. The van der Waals surface area contributed by atoms with Gasteiger partial charge in [-0.2, -0.15) is 10.2 Å². The highest BCUT2D eigenvalue weighted by molar-refractivity contribution is 5.91. The lowest BCUT2D eigenvalue weighted by Gasteiger charge is -2.07. The Hall–Kier alpha value is -3.49. The number of para-hydroxylation sites is 1. The lowest BCUT2D eigenvalue weighted by molar-refractivity contribution is -0.385. The summed E-state index contributed by atoms with van der Waals surface area (Å²) in [5.74, 6) is -0.207. The second-order valence-electron chi connectivity index (χ2n) is 5.81. The predicted octanol–water partition coefficient (Wildman–Crippen LogP) is 2.62. The summed E-state index contributed by atoms with van der Waals surface area (Å²) in [7, 11) is 0. The van der Waals surface area contributed by atoms with Crippen molar-refractivity contribution in [3.8, 4) is 5.69 Å². The summed E-state index contributed by atoms with van der Waals surface area (Å²) in [4.78, 5) is 22.4. The van der Waals surface area contributed by atoms with Crippen molar-refractivity contribution in [3.63, 3.8) is 0 Å². The van der Waals surface area contributed by atoms with Gasteiger partial charge in [-0.05, 0) is 26.0 Å². The average molecular weight is 354 g/mol. The first-order valence-corrected chi connectivity index (χ1v) is 8.04. The van der Waals surface area contributed by atoms with E-state index >= 15 is 0 Å². The molecule has 3 rings (SSSR count). The van der Waals surface area contributed by atoms with Crippen LogP contribution in [0.1, 0.15) is 17.8 Å². The zero-order chi connectivity index (χ0) is 18.7. The molecule has 0 atom stereocenters. The molecule has 2 aromatic heterocycles. The van der Waals surface area contributed by atoms with E-state index < -0.39 is 4.92 Å². The van der Waals surface area contributed by atoms with Crippen molar-refractivity contribution in [2.75, 3.05) is 5.32 Å². The first kappa shape index (κ1) is 17.3. The second kappa shape index (κ2) is 7.18. The van der Waals surface area contributed by atoms with E-state index in [1.165, 1.54) is 10.9 Å². The number of nitrogens with one attached hydrogen (secondary N) is 1. The summed E-state index contributed by atoms with van der Waals surface area (Å²) >= 11 is 0. The van der Waals surface area contributed by atoms with Gasteiger partial charge in [0.15, 0.2) is 0 Å². The van der Waals surface area contributed by atoms with Crippen LogP contribution in [0.4, 0.5) is 11.4 Å². The first-order chi connectivity index (χ1) is 12.5. The molecule has 9 heteroatoms. The Balaban J connectivity index is 1.67. The van der Waals surface area contributed by atoms with Gasteiger partial charge in [-0.25, -0.2) is 4.68 Å². The Morgan fingerprint density at radius 3 is 2.65 bits per heavy atom. The number of nitro groups is 1. The van der Waals surface area contributed by atoms with Crippen LogP contribution in [0, 0.1) is 24.0 Å². The number of anilines is 1. The van der Waals surface area contributed by atoms with Crippen molar-refractivity contribution >= 4 is 17.3 Å². The maximum absolute atomic E-state index is 12.3. The summed E-state index contributed by atoms with van der Waals surface area (Å²) in [5, 5.41) is 21.9. The minimum atomic E-state index is -0.520. The number of benzene rings is 1. The maximum atomic E-state index is 12.3. The van der Waals surface area contributed by atoms with Gasteiger partial charge in [-0.1, -0.05) is 18.2 Å². The van der Waals surface area contributed by atoms with Gasteiger partial charge in [0.25, 0.3) is 0 Å². The zero-order valence-electron chi connectivity index (χ0n) is 14.4. The van der Waals surface area contributed by atoms with Gasteiger partial charge >= 0.3 is 5.69 Å². The molecule has 1 amide bonds. The van der Waals surface area contributed by atoms with Crippen LogP contribution in [-0.2, 0) is 11.3 Å². The Kier molecular flexibility index (Phi) is 4.78. The summed E-state index contributed by atoms with van der Waals surface area (Å²) in [6.45, 7) is 3.98. The number of hydrogen-bond acceptors (Lipinski definition) is 5. The fraction of sp³-hybridized carbons (Fsp3) is 0.235. The Labute approximate surface area is 149 Å². The number of carbonyl (C=O) groups excluding carboxylic acids is 1. The standard InChI is InChI=1S/C17H18N6O3/c1-12-17(13(2)22(20-12)14-6-4-3-5-7-14)19-16(24)8-9-21-11-15(10-18-21)23(25)26/h3-7,10-11H,8-9H2,1-2H3,(H,19,24). The minimum Gasteiger partial charge on any atom is -0.323 e. The molecular weight excluding hydrogens is 336 g/mol. The number of hydrogen-bond donors (Lipinski definition) is 1. The molecule has 134 valence electrons. The van der Waals surface area contributed by atoms with E-state index in [0.29, 0.717) is 5.69 Å². The molecule has 0 saturated carbocycles. The highest BCUT2D eigenvalue weighted by atomic mass is 16.6. The third-order valence-corrected chi connectivity index (χ3v) is 3.95. The molecule has 0 aliphatic rings. The number of nitrogens with zero attached hydrogens (tertiary/aromatic N) is 5. The second-order valence-corrected chi connectivity index (χ2v) is 5.81. The molecular formula is C17H18N6O3. The smallest absolute Gasteiger partial charge is 0.306 e. The summed E-state index contributed by atoms with van der Waals surface area (Å²) in [6, 6.07) is 9.66. The monoisotopic (exact) mass is 354 g/mol. The van der Waals surface area contributed by atoms with Crippen molar-refractivity contribution in [1.29, 1.82) is 0 Å². The van der Waals surface area contributed by atoms with E-state index in [4.69, 9.17) is 0 Å². The fourth-order valence-corrected chi connectivity index (χ4v) is 2.63. The normalized spacial score (nSPS) is 10.7. The van der Waals surface area contributed by atoms with Gasteiger partial charge in [-0.3, -0.25) is 19.6 Å². The average Bonchev–Trinajstić information content (AvgIpc) is 3.21. The maximum Gasteiger partial charge on any atom is 0.306 e. The molecule has 26 heavy (non-hydrogen) atoms. The van der Waals surface area contributed by atoms with Crippen molar-refractivity contribution in [2.24, 2.45) is 0 Å². The van der Waals surface area contributed by atoms with Gasteiger partial charge < -0.3 is 5.32 Å². The molecule has 0 saturated heterocycles. The number of rotatable bonds is 6. The van der Waals surface area contributed by atoms with E-state index in [2.05, 4.69) is 15.5 Å². The quantitative estimate of drug-likeness (QED) is 0.541. The van der Waals surface area contributed by atoms with E-state index in [-0.39, 0.29) is 24.6 Å². The molecule has 1 aromatic carbocycles. The minimum absolute atomic E-state index is 0.0961. The molecule has 3 aromatic rings. The van der Waals surface area contributed by atoms with E-state index in [9.17, 15) is 14.9 Å². The van der Waals surface area contributed by atoms with Crippen molar-refractivity contribution < 1.29 is 9.72 Å². The van der Waals surface area contributed by atoms with Crippen LogP contribution in [0.5, 0.6) is 0 Å². The first-order valence-electron chi connectivity index (χ1n) is 8.04. The third-order valence-electron chi connectivity index (χ3n) is 3.95. The molecule has 0 aliphatic heterocycles. The molecule has 0 fully saturated rings. The lowest BCUT2D eigenvalue weighted by Crippen LogP contribution is -2.15. The van der Waals surface area contributed by atoms with Crippen LogP contribution in [0.2, 0.25) is 0 Å². The van der Waals surface area contributed by atoms with Gasteiger partial charge in [0, 0.05) is 13.0 Å². The molecule has 0 aliphatic carbocycles. The number of aryl methyl sites for hydroxylation is 2. The third kappa shape index (κ3) is 3.61. The molecule has 0 radical (unpaired) electrons. The van der Waals surface area contributed by atoms with Gasteiger partial charge in [0.1, 0.15) is 12.4 Å². The van der Waals surface area contributed by atoms with Crippen LogP contribution in [-0.4, -0.2) is 30.4 Å². The molecule has 2 heterocycles. The molecule has 1 N–H and O–H groups in total. The molecule has 0 unspecified atom stereocenters. The van der Waals surface area contributed by atoms with Crippen molar-refractivity contribution in [2.45, 2.75) is 26.8 Å². The van der Waals surface area contributed by atoms with Gasteiger partial charge in [0.2, 0.25) is 5.91 Å². The molecule has 0 bridgehead atoms. The molecule has 9 nitrogen and oxygen atoms in total. The highest BCUT2D eigenvalue weighted by Crippen LogP contribution is 2.23. The van der Waals surface area contributed by atoms with Crippen LogP contribution in [0.15, 0.2) is 42.7 Å². The number of amides is 1. The summed E-state index contributed by atoms with van der Waals surface area (Å²) in [5.41, 5.74) is 3.04. The number of carbonyl (C=O) groups is 1. The van der Waals surface area contributed by atoms with Crippen LogP contribution in [0.25, 0.3) is 5.69 Å². The topological polar surface area (TPSA) is 108 Å². The Bertz CT molecular complexity index is 945. The lowest BCUT2D eigenvalue weighted by atomic mass is 10.2. The van der Waals surface area contributed by atoms with Gasteiger partial charge in [0.05, 0.1) is 27.7 Å². The zero-order valence-corrected chi connectivity index (χ0v) is 14.4. The van der Waals surface area contributed by atoms with Gasteiger partial charge in [-0.15, -0.1) is 0 Å². The predicted molar refractivity (Wildman–Crippen MR) is 95.2 cm³/mol. The highest BCUT2D eigenvalue weighted by Gasteiger charge is 2.16. The Morgan fingerprint density at radius 1 is 1.27 bits per heavy atom. The summed E-state index contributed by atoms with van der Waals surface area (Å²) in [6.07, 6.45) is 2.61. The van der Waals surface area contributed by atoms with Crippen LogP contribution < -0.4 is 5.32 Å². The van der Waals surface area contributed by atoms with Crippen LogP contribution >= 0.6 is 0 Å².